The number of benzene rings is 2. The zero-order valence-electron chi connectivity index (χ0n) is 19.2. The number of hydrogen-bond donors (Lipinski definition) is 0. The van der Waals surface area contributed by atoms with E-state index in [1.54, 1.807) is 26.0 Å². The average molecular weight is 449 g/mol. The maximum absolute atomic E-state index is 6.08. The molecule has 0 radical (unpaired) electrons. The average Bonchev–Trinajstić information content (AvgIpc) is 2.84. The Hall–Kier alpha value is -2.63. The third-order valence-electron chi connectivity index (χ3n) is 4.55. The summed E-state index contributed by atoms with van der Waals surface area (Å²) >= 11 is 1.72. The Morgan fingerprint density at radius 3 is 2.47 bits per heavy atom. The van der Waals surface area contributed by atoms with Crippen LogP contribution in [0.15, 0.2) is 71.1 Å². The molecule has 0 saturated heterocycles. The lowest BCUT2D eigenvalue weighted by molar-refractivity contribution is 0.0916. The second-order valence-corrected chi connectivity index (χ2v) is 7.93. The number of methoxy groups -OCH3 is 2. The van der Waals surface area contributed by atoms with Crippen LogP contribution in [-0.4, -0.2) is 33.2 Å². The van der Waals surface area contributed by atoms with Gasteiger partial charge < -0.3 is 14.2 Å². The van der Waals surface area contributed by atoms with Crippen LogP contribution >= 0.6 is 11.8 Å². The first-order valence-electron chi connectivity index (χ1n) is 10.9. The third kappa shape index (κ3) is 9.67. The zero-order valence-corrected chi connectivity index (χ0v) is 20.0. The van der Waals surface area contributed by atoms with Gasteiger partial charge in [0.05, 0.1) is 12.9 Å². The standard InChI is InChI=1S/C28H32O3S/c1-4-31-28(25-18-20-26(30-3)21-19-25)24(14-8-5-6-12-22-29-2)15-11-13-23-32-27-16-9-7-10-17-27/h7,9-10,15-21,28H,4-6,12,22-23H2,1-3H3/b24-15+. The van der Waals surface area contributed by atoms with Gasteiger partial charge in [-0.25, -0.2) is 0 Å². The molecule has 1 unspecified atom stereocenters. The number of allylic oxidation sites excluding steroid dienone is 1. The smallest absolute Gasteiger partial charge is 0.118 e. The molecule has 0 aliphatic heterocycles. The summed E-state index contributed by atoms with van der Waals surface area (Å²) in [5.41, 5.74) is 1.91. The van der Waals surface area contributed by atoms with Crippen molar-refractivity contribution in [2.75, 3.05) is 33.2 Å². The minimum Gasteiger partial charge on any atom is -0.497 e. The molecule has 2 aromatic rings. The van der Waals surface area contributed by atoms with E-state index in [1.807, 2.05) is 55.5 Å². The summed E-state index contributed by atoms with van der Waals surface area (Å²) in [6, 6.07) is 18.2. The first kappa shape index (κ1) is 25.6. The van der Waals surface area contributed by atoms with Crippen LogP contribution in [0.25, 0.3) is 0 Å². The molecular weight excluding hydrogens is 416 g/mol. The monoisotopic (exact) mass is 448 g/mol. The fraction of sp³-hybridized carbons (Fsp3) is 0.357. The van der Waals surface area contributed by atoms with Crippen LogP contribution in [0.5, 0.6) is 5.75 Å². The molecule has 0 bridgehead atoms. The molecule has 32 heavy (non-hydrogen) atoms. The highest BCUT2D eigenvalue weighted by Gasteiger charge is 2.15. The quantitative estimate of drug-likeness (QED) is 0.229. The van der Waals surface area contributed by atoms with Crippen LogP contribution in [0.1, 0.15) is 37.9 Å². The largest absolute Gasteiger partial charge is 0.497 e. The van der Waals surface area contributed by atoms with Crippen molar-refractivity contribution in [2.45, 2.75) is 37.2 Å². The third-order valence-corrected chi connectivity index (χ3v) is 5.45. The van der Waals surface area contributed by atoms with Crippen molar-refractivity contribution in [3.05, 3.63) is 71.8 Å². The summed E-state index contributed by atoms with van der Waals surface area (Å²) in [6.07, 6.45) is 4.48. The number of hydrogen-bond acceptors (Lipinski definition) is 4. The van der Waals surface area contributed by atoms with Crippen molar-refractivity contribution in [1.29, 1.82) is 0 Å². The Kier molecular flexibility index (Phi) is 12.9. The first-order valence-corrected chi connectivity index (χ1v) is 11.9. The highest BCUT2D eigenvalue weighted by atomic mass is 32.2. The van der Waals surface area contributed by atoms with Gasteiger partial charge in [-0.15, -0.1) is 11.8 Å². The molecule has 3 nitrogen and oxygen atoms in total. The Balaban J connectivity index is 2.17. The summed E-state index contributed by atoms with van der Waals surface area (Å²) in [4.78, 5) is 1.22. The van der Waals surface area contributed by atoms with Gasteiger partial charge in [-0.05, 0) is 49.6 Å². The van der Waals surface area contributed by atoms with Gasteiger partial charge in [0.15, 0.2) is 0 Å². The first-order chi connectivity index (χ1) is 15.8. The van der Waals surface area contributed by atoms with Gasteiger partial charge in [-0.2, -0.15) is 0 Å². The summed E-state index contributed by atoms with van der Waals surface area (Å²) in [5, 5.41) is 0. The van der Waals surface area contributed by atoms with Crippen molar-refractivity contribution in [2.24, 2.45) is 0 Å². The van der Waals surface area contributed by atoms with E-state index in [-0.39, 0.29) is 6.10 Å². The molecule has 0 N–H and O–H groups in total. The predicted molar refractivity (Wildman–Crippen MR) is 134 cm³/mol. The van der Waals surface area contributed by atoms with E-state index in [2.05, 4.69) is 35.8 Å². The topological polar surface area (TPSA) is 27.7 Å². The van der Waals surface area contributed by atoms with Crippen LogP contribution < -0.4 is 4.74 Å². The molecule has 0 heterocycles. The number of thioether (sulfide) groups is 1. The van der Waals surface area contributed by atoms with Gasteiger partial charge in [-0.3, -0.25) is 0 Å². The van der Waals surface area contributed by atoms with E-state index in [4.69, 9.17) is 14.2 Å². The SMILES string of the molecule is CCOC(/C(C#CCCCCOC)=C/C#CCSc1ccccc1)c1ccc(OC)cc1. The fourth-order valence-corrected chi connectivity index (χ4v) is 3.59. The highest BCUT2D eigenvalue weighted by Crippen LogP contribution is 2.27. The maximum atomic E-state index is 6.08. The second kappa shape index (κ2) is 16.1. The summed E-state index contributed by atoms with van der Waals surface area (Å²) in [6.45, 7) is 3.34. The number of ether oxygens (including phenoxy) is 3. The second-order valence-electron chi connectivity index (χ2n) is 6.88. The number of unbranched alkanes of at least 4 members (excludes halogenated alkanes) is 2. The van der Waals surface area contributed by atoms with Crippen LogP contribution in [-0.2, 0) is 9.47 Å². The Bertz CT molecular complexity index is 928. The van der Waals surface area contributed by atoms with Gasteiger partial charge in [-0.1, -0.05) is 54.0 Å². The van der Waals surface area contributed by atoms with E-state index in [0.29, 0.717) is 6.61 Å². The van der Waals surface area contributed by atoms with Crippen molar-refractivity contribution < 1.29 is 14.2 Å². The summed E-state index contributed by atoms with van der Waals surface area (Å²) in [7, 11) is 3.39. The van der Waals surface area contributed by atoms with Crippen LogP contribution in [0, 0.1) is 23.7 Å². The maximum Gasteiger partial charge on any atom is 0.118 e. The Morgan fingerprint density at radius 2 is 1.78 bits per heavy atom. The molecular formula is C28H32O3S. The van der Waals surface area contributed by atoms with Gasteiger partial charge in [0.1, 0.15) is 11.9 Å². The van der Waals surface area contributed by atoms with Gasteiger partial charge in [0, 0.05) is 43.3 Å². The Morgan fingerprint density at radius 1 is 1.00 bits per heavy atom. The van der Waals surface area contributed by atoms with E-state index >= 15 is 0 Å². The molecule has 0 fully saturated rings. The minimum atomic E-state index is -0.256. The lowest BCUT2D eigenvalue weighted by atomic mass is 10.0. The van der Waals surface area contributed by atoms with E-state index in [9.17, 15) is 0 Å². The molecule has 1 atom stereocenters. The lowest BCUT2D eigenvalue weighted by Crippen LogP contribution is -2.07. The van der Waals surface area contributed by atoms with E-state index in [1.165, 1.54) is 4.90 Å². The van der Waals surface area contributed by atoms with Crippen LogP contribution in [0.3, 0.4) is 0 Å². The van der Waals surface area contributed by atoms with Gasteiger partial charge >= 0.3 is 0 Å². The van der Waals surface area contributed by atoms with E-state index in [0.717, 1.165) is 48.5 Å². The Labute approximate surface area is 197 Å². The number of rotatable bonds is 11. The van der Waals surface area contributed by atoms with Crippen molar-refractivity contribution in [1.82, 2.24) is 0 Å². The highest BCUT2D eigenvalue weighted by molar-refractivity contribution is 7.99. The molecule has 2 rings (SSSR count). The molecule has 0 aliphatic rings. The molecule has 0 spiro atoms. The van der Waals surface area contributed by atoms with Gasteiger partial charge in [0.2, 0.25) is 0 Å². The minimum absolute atomic E-state index is 0.256. The summed E-state index contributed by atoms with van der Waals surface area (Å²) in [5.74, 6) is 14.6. The molecule has 168 valence electrons. The molecule has 0 aliphatic carbocycles. The molecule has 0 amide bonds. The normalized spacial score (nSPS) is 11.7. The van der Waals surface area contributed by atoms with Gasteiger partial charge in [0.25, 0.3) is 0 Å². The fourth-order valence-electron chi connectivity index (χ4n) is 2.92. The predicted octanol–water partition coefficient (Wildman–Crippen LogP) is 6.32. The van der Waals surface area contributed by atoms with Crippen LogP contribution in [0.4, 0.5) is 0 Å². The molecule has 0 aromatic heterocycles. The van der Waals surface area contributed by atoms with E-state index < -0.39 is 0 Å². The van der Waals surface area contributed by atoms with Crippen molar-refractivity contribution >= 4 is 11.8 Å². The van der Waals surface area contributed by atoms with Crippen molar-refractivity contribution in [3.8, 4) is 29.4 Å². The van der Waals surface area contributed by atoms with Crippen molar-refractivity contribution in [3.63, 3.8) is 0 Å². The molecule has 2 aromatic carbocycles. The van der Waals surface area contributed by atoms with Crippen LogP contribution in [0.2, 0.25) is 0 Å². The summed E-state index contributed by atoms with van der Waals surface area (Å²) < 4.78 is 16.5. The lowest BCUT2D eigenvalue weighted by Gasteiger charge is -2.17. The zero-order chi connectivity index (χ0) is 22.9. The molecule has 4 heteroatoms. The molecule has 0 saturated carbocycles.